The molecule has 2 unspecified atom stereocenters. The minimum absolute atomic E-state index is 0.0902. The number of aliphatic hydroxyl groups is 1. The van der Waals surface area contributed by atoms with Crippen molar-refractivity contribution in [3.63, 3.8) is 0 Å². The maximum Gasteiger partial charge on any atom is 0.326 e. The molecule has 1 aromatic heterocycles. The summed E-state index contributed by atoms with van der Waals surface area (Å²) in [5.41, 5.74) is 1.85. The summed E-state index contributed by atoms with van der Waals surface area (Å²) >= 11 is 0. The Balaban J connectivity index is 1.97. The summed E-state index contributed by atoms with van der Waals surface area (Å²) in [6.45, 7) is 4.29. The van der Waals surface area contributed by atoms with Gasteiger partial charge in [0.15, 0.2) is 0 Å². The first-order chi connectivity index (χ1) is 9.38. The van der Waals surface area contributed by atoms with Gasteiger partial charge >= 0.3 is 5.97 Å². The lowest BCUT2D eigenvalue weighted by molar-refractivity contribution is -0.148. The quantitative estimate of drug-likeness (QED) is 0.806. The molecule has 1 fully saturated rings. The van der Waals surface area contributed by atoms with Gasteiger partial charge in [0.25, 0.3) is 0 Å². The van der Waals surface area contributed by atoms with Crippen molar-refractivity contribution in [2.24, 2.45) is 0 Å². The van der Waals surface area contributed by atoms with E-state index in [2.05, 4.69) is 5.10 Å². The number of carbonyl (C=O) groups is 2. The number of likely N-dealkylation sites (tertiary alicyclic amines) is 1. The summed E-state index contributed by atoms with van der Waals surface area (Å²) < 4.78 is 1.73. The van der Waals surface area contributed by atoms with Crippen molar-refractivity contribution in [3.8, 4) is 0 Å². The topological polar surface area (TPSA) is 95.7 Å². The number of carbonyl (C=O) groups excluding carboxylic acids is 1. The molecule has 0 radical (unpaired) electrons. The number of aromatic nitrogens is 2. The largest absolute Gasteiger partial charge is 0.480 e. The number of carboxylic acids is 1. The van der Waals surface area contributed by atoms with Gasteiger partial charge in [0.05, 0.1) is 11.8 Å². The molecule has 1 aromatic rings. The molecule has 2 N–H and O–H groups in total. The second-order valence-corrected chi connectivity index (χ2v) is 5.19. The van der Waals surface area contributed by atoms with E-state index in [1.165, 1.54) is 4.90 Å². The first-order valence-corrected chi connectivity index (χ1v) is 6.60. The Morgan fingerprint density at radius 2 is 2.15 bits per heavy atom. The van der Waals surface area contributed by atoms with Crippen LogP contribution in [0.15, 0.2) is 6.07 Å². The third kappa shape index (κ3) is 2.98. The summed E-state index contributed by atoms with van der Waals surface area (Å²) in [7, 11) is 0. The van der Waals surface area contributed by atoms with Crippen LogP contribution < -0.4 is 0 Å². The zero-order chi connectivity index (χ0) is 14.9. The molecule has 0 spiro atoms. The molecule has 0 saturated carbocycles. The molecule has 110 valence electrons. The highest BCUT2D eigenvalue weighted by Gasteiger charge is 2.38. The fourth-order valence-corrected chi connectivity index (χ4v) is 2.57. The number of nitrogens with zero attached hydrogens (tertiary/aromatic N) is 3. The molecule has 0 aromatic carbocycles. The molecule has 7 nitrogen and oxygen atoms in total. The van der Waals surface area contributed by atoms with E-state index in [-0.39, 0.29) is 25.3 Å². The van der Waals surface area contributed by atoms with Gasteiger partial charge in [0.2, 0.25) is 5.91 Å². The van der Waals surface area contributed by atoms with Crippen LogP contribution in [0.4, 0.5) is 0 Å². The Bertz CT molecular complexity index is 526. The van der Waals surface area contributed by atoms with Crippen molar-refractivity contribution in [1.29, 1.82) is 0 Å². The van der Waals surface area contributed by atoms with Crippen LogP contribution in [0.25, 0.3) is 0 Å². The van der Waals surface area contributed by atoms with E-state index in [1.54, 1.807) is 4.68 Å². The van der Waals surface area contributed by atoms with E-state index in [9.17, 15) is 14.7 Å². The number of aliphatic hydroxyl groups excluding tert-OH is 1. The van der Waals surface area contributed by atoms with Gasteiger partial charge in [-0.25, -0.2) is 4.79 Å². The maximum absolute atomic E-state index is 12.1. The lowest BCUT2D eigenvalue weighted by Crippen LogP contribution is -2.40. The number of hydrogen-bond acceptors (Lipinski definition) is 4. The van der Waals surface area contributed by atoms with Crippen molar-refractivity contribution in [1.82, 2.24) is 14.7 Å². The molecule has 1 saturated heterocycles. The summed E-state index contributed by atoms with van der Waals surface area (Å²) in [6.07, 6.45) is -0.479. The minimum Gasteiger partial charge on any atom is -0.480 e. The van der Waals surface area contributed by atoms with Gasteiger partial charge in [-0.05, 0) is 19.9 Å². The Morgan fingerprint density at radius 1 is 1.45 bits per heavy atom. The highest BCUT2D eigenvalue weighted by atomic mass is 16.4. The summed E-state index contributed by atoms with van der Waals surface area (Å²) in [6, 6.07) is 1.00. The number of aliphatic carboxylic acids is 1. The van der Waals surface area contributed by atoms with Crippen molar-refractivity contribution in [3.05, 3.63) is 17.5 Å². The predicted molar refractivity (Wildman–Crippen MR) is 70.1 cm³/mol. The van der Waals surface area contributed by atoms with Gasteiger partial charge in [0.1, 0.15) is 6.04 Å². The minimum atomic E-state index is -1.07. The van der Waals surface area contributed by atoms with E-state index in [4.69, 9.17) is 5.11 Å². The van der Waals surface area contributed by atoms with Crippen LogP contribution >= 0.6 is 0 Å². The van der Waals surface area contributed by atoms with Crippen molar-refractivity contribution < 1.29 is 19.8 Å². The molecule has 20 heavy (non-hydrogen) atoms. The van der Waals surface area contributed by atoms with Crippen LogP contribution in [-0.4, -0.2) is 55.5 Å². The van der Waals surface area contributed by atoms with Gasteiger partial charge in [-0.1, -0.05) is 0 Å². The third-order valence-corrected chi connectivity index (χ3v) is 3.53. The molecule has 2 atom stereocenters. The fourth-order valence-electron chi connectivity index (χ4n) is 2.57. The number of hydrogen-bond donors (Lipinski definition) is 2. The summed E-state index contributed by atoms with van der Waals surface area (Å²) in [5.74, 6) is -1.33. The predicted octanol–water partition coefficient (Wildman–Crippen LogP) is -0.0636. The zero-order valence-corrected chi connectivity index (χ0v) is 11.6. The summed E-state index contributed by atoms with van der Waals surface area (Å²) in [5, 5.41) is 22.8. The smallest absolute Gasteiger partial charge is 0.326 e. The van der Waals surface area contributed by atoms with Crippen LogP contribution in [0.5, 0.6) is 0 Å². The Labute approximate surface area is 116 Å². The van der Waals surface area contributed by atoms with Crippen LogP contribution in [0.3, 0.4) is 0 Å². The van der Waals surface area contributed by atoms with Gasteiger partial charge < -0.3 is 15.1 Å². The van der Waals surface area contributed by atoms with Gasteiger partial charge in [-0.3, -0.25) is 9.48 Å². The number of rotatable bonds is 4. The number of amides is 1. The van der Waals surface area contributed by atoms with Crippen LogP contribution in [0.1, 0.15) is 24.2 Å². The molecule has 0 bridgehead atoms. The molecule has 1 aliphatic heterocycles. The van der Waals surface area contributed by atoms with Crippen LogP contribution in [0.2, 0.25) is 0 Å². The fraction of sp³-hybridized carbons (Fsp3) is 0.615. The first kappa shape index (κ1) is 14.5. The first-order valence-electron chi connectivity index (χ1n) is 6.60. The molecule has 1 aliphatic rings. The Morgan fingerprint density at radius 3 is 2.70 bits per heavy atom. The van der Waals surface area contributed by atoms with E-state index >= 15 is 0 Å². The Hall–Kier alpha value is -1.89. The van der Waals surface area contributed by atoms with Gasteiger partial charge in [0, 0.05) is 31.6 Å². The second kappa shape index (κ2) is 5.62. The monoisotopic (exact) mass is 281 g/mol. The van der Waals surface area contributed by atoms with Crippen molar-refractivity contribution >= 4 is 11.9 Å². The van der Waals surface area contributed by atoms with E-state index in [0.29, 0.717) is 6.54 Å². The lowest BCUT2D eigenvalue weighted by atomic mass is 10.2. The molecular formula is C13H19N3O4. The Kier molecular flexibility index (Phi) is 4.08. The molecule has 0 aliphatic carbocycles. The molecular weight excluding hydrogens is 262 g/mol. The zero-order valence-electron chi connectivity index (χ0n) is 11.6. The number of carboxylic acid groups (broad SMARTS) is 1. The number of aryl methyl sites for hydroxylation is 3. The van der Waals surface area contributed by atoms with E-state index in [0.717, 1.165) is 11.4 Å². The summed E-state index contributed by atoms with van der Waals surface area (Å²) in [4.78, 5) is 24.4. The third-order valence-electron chi connectivity index (χ3n) is 3.53. The lowest BCUT2D eigenvalue weighted by Gasteiger charge is -2.21. The molecule has 2 heterocycles. The maximum atomic E-state index is 12.1. The van der Waals surface area contributed by atoms with E-state index < -0.39 is 18.1 Å². The van der Waals surface area contributed by atoms with Crippen molar-refractivity contribution in [2.45, 2.75) is 45.4 Å². The highest BCUT2D eigenvalue weighted by molar-refractivity contribution is 5.84. The highest BCUT2D eigenvalue weighted by Crippen LogP contribution is 2.19. The van der Waals surface area contributed by atoms with Crippen molar-refractivity contribution in [2.75, 3.05) is 6.54 Å². The number of β-amino-alcohol motifs (C(OH)–C–C–N with tert-alkyl or cyclic N) is 1. The molecule has 1 amide bonds. The average molecular weight is 281 g/mol. The average Bonchev–Trinajstić information content (AvgIpc) is 2.89. The van der Waals surface area contributed by atoms with Gasteiger partial charge in [-0.2, -0.15) is 5.10 Å². The molecule has 7 heteroatoms. The SMILES string of the molecule is Cc1cc(C)n(CCC(=O)N2CC(O)CC2C(=O)O)n1. The van der Waals surface area contributed by atoms with E-state index in [1.807, 2.05) is 19.9 Å². The van der Waals surface area contributed by atoms with Crippen LogP contribution in [-0.2, 0) is 16.1 Å². The van der Waals surface area contributed by atoms with Gasteiger partial charge in [-0.15, -0.1) is 0 Å². The standard InChI is InChI=1S/C13H19N3O4/c1-8-5-9(2)16(14-8)4-3-12(18)15-7-10(17)6-11(15)13(19)20/h5,10-11,17H,3-4,6-7H2,1-2H3,(H,19,20). The van der Waals surface area contributed by atoms with Crippen LogP contribution in [0, 0.1) is 13.8 Å². The normalized spacial score (nSPS) is 22.2. The molecule has 2 rings (SSSR count). The second-order valence-electron chi connectivity index (χ2n) is 5.19.